The lowest BCUT2D eigenvalue weighted by Gasteiger charge is -2.31. The molecule has 0 fully saturated rings. The Labute approximate surface area is 136 Å². The quantitative estimate of drug-likeness (QED) is 0.707. The van der Waals surface area contributed by atoms with Crippen LogP contribution in [0.2, 0.25) is 0 Å². The number of hydrogen-bond donors (Lipinski definition) is 3. The third kappa shape index (κ3) is 1.96. The van der Waals surface area contributed by atoms with E-state index in [4.69, 9.17) is 20.9 Å². The van der Waals surface area contributed by atoms with Crippen molar-refractivity contribution in [1.29, 1.82) is 0 Å². The van der Waals surface area contributed by atoms with E-state index >= 15 is 0 Å². The maximum absolute atomic E-state index is 11.8. The number of fused-ring (bicyclic) bond motifs is 1. The summed E-state index contributed by atoms with van der Waals surface area (Å²) in [6.07, 6.45) is 1.65. The van der Waals surface area contributed by atoms with Gasteiger partial charge in [0.2, 0.25) is 11.6 Å². The third-order valence-corrected chi connectivity index (χ3v) is 4.81. The summed E-state index contributed by atoms with van der Waals surface area (Å²) in [5, 5.41) is 3.20. The van der Waals surface area contributed by atoms with Crippen molar-refractivity contribution in [3.63, 3.8) is 0 Å². The van der Waals surface area contributed by atoms with Crippen LogP contribution < -0.4 is 21.5 Å². The fourth-order valence-corrected chi connectivity index (χ4v) is 3.32. The minimum atomic E-state index is -1.25. The fourth-order valence-electron chi connectivity index (χ4n) is 2.71. The Hall–Kier alpha value is -2.15. The van der Waals surface area contributed by atoms with Gasteiger partial charge in [-0.25, -0.2) is 0 Å². The van der Waals surface area contributed by atoms with Gasteiger partial charge in [-0.3, -0.25) is 4.79 Å². The molecule has 116 valence electrons. The number of hydrogen-bond acceptors (Lipinski definition) is 5. The molecule has 1 aromatic rings. The van der Waals surface area contributed by atoms with E-state index < -0.39 is 11.6 Å². The number of anilines is 1. The number of benzene rings is 1. The predicted octanol–water partition coefficient (Wildman–Crippen LogP) is 2.16. The smallest absolute Gasteiger partial charge is 0.256 e. The maximum atomic E-state index is 11.8. The van der Waals surface area contributed by atoms with E-state index in [1.165, 1.54) is 0 Å². The van der Waals surface area contributed by atoms with Gasteiger partial charge in [0.25, 0.3) is 5.91 Å². The van der Waals surface area contributed by atoms with Gasteiger partial charge in [0.1, 0.15) is 11.3 Å². The monoisotopic (exact) mass is 365 g/mol. The summed E-state index contributed by atoms with van der Waals surface area (Å²) in [5.41, 5.74) is 13.0. The van der Waals surface area contributed by atoms with Gasteiger partial charge in [-0.1, -0.05) is 0 Å². The summed E-state index contributed by atoms with van der Waals surface area (Å²) < 4.78 is 12.2. The van der Waals surface area contributed by atoms with Crippen LogP contribution in [0.3, 0.4) is 0 Å². The number of nitrogens with one attached hydrogen (secondary N) is 1. The highest BCUT2D eigenvalue weighted by molar-refractivity contribution is 9.10. The van der Waals surface area contributed by atoms with Crippen molar-refractivity contribution in [1.82, 2.24) is 0 Å². The van der Waals surface area contributed by atoms with Crippen LogP contribution in [0.15, 0.2) is 33.8 Å². The second kappa shape index (κ2) is 4.67. The number of halogens is 1. The van der Waals surface area contributed by atoms with E-state index in [1.54, 1.807) is 13.0 Å². The molecular formula is C15H16BrN3O3. The maximum Gasteiger partial charge on any atom is 0.256 e. The first kappa shape index (κ1) is 14.8. The molecule has 22 heavy (non-hydrogen) atoms. The molecule has 0 bridgehead atoms. The topological polar surface area (TPSA) is 99.6 Å². The molecule has 0 radical (unpaired) electrons. The Morgan fingerprint density at radius 3 is 2.68 bits per heavy atom. The van der Waals surface area contributed by atoms with Crippen molar-refractivity contribution in [2.24, 2.45) is 11.5 Å². The van der Waals surface area contributed by atoms with Crippen LogP contribution in [0.5, 0.6) is 5.75 Å². The lowest BCUT2D eigenvalue weighted by atomic mass is 9.99. The van der Waals surface area contributed by atoms with E-state index in [0.29, 0.717) is 11.5 Å². The van der Waals surface area contributed by atoms with E-state index in [1.807, 2.05) is 19.9 Å². The molecule has 0 saturated carbocycles. The van der Waals surface area contributed by atoms with Crippen molar-refractivity contribution in [2.75, 3.05) is 5.32 Å². The molecule has 0 aromatic heterocycles. The average Bonchev–Trinajstić information content (AvgIpc) is 2.73. The van der Waals surface area contributed by atoms with Crippen LogP contribution in [0.25, 0.3) is 0 Å². The van der Waals surface area contributed by atoms with Gasteiger partial charge in [0.05, 0.1) is 10.2 Å². The molecule has 3 rings (SSSR count). The van der Waals surface area contributed by atoms with Crippen molar-refractivity contribution in [2.45, 2.75) is 26.5 Å². The van der Waals surface area contributed by atoms with Crippen molar-refractivity contribution < 1.29 is 14.3 Å². The number of nitrogens with two attached hydrogens (primary N) is 2. The summed E-state index contributed by atoms with van der Waals surface area (Å²) in [7, 11) is 0. The van der Waals surface area contributed by atoms with Gasteiger partial charge in [-0.2, -0.15) is 0 Å². The number of allylic oxidation sites excluding steroid dienone is 1. The lowest BCUT2D eigenvalue weighted by molar-refractivity contribution is -0.116. The van der Waals surface area contributed by atoms with Crippen LogP contribution >= 0.6 is 15.9 Å². The molecule has 1 amide bonds. The predicted molar refractivity (Wildman–Crippen MR) is 85.8 cm³/mol. The summed E-state index contributed by atoms with van der Waals surface area (Å²) in [6.45, 7) is 5.71. The molecule has 0 saturated heterocycles. The highest BCUT2D eigenvalue weighted by Gasteiger charge is 2.48. The van der Waals surface area contributed by atoms with Gasteiger partial charge in [-0.05, 0) is 53.9 Å². The van der Waals surface area contributed by atoms with Crippen LogP contribution in [-0.4, -0.2) is 11.6 Å². The van der Waals surface area contributed by atoms with Crippen molar-refractivity contribution in [3.05, 3.63) is 45.0 Å². The normalized spacial score (nSPS) is 22.6. The Morgan fingerprint density at radius 1 is 1.36 bits per heavy atom. The third-order valence-electron chi connectivity index (χ3n) is 3.85. The zero-order chi connectivity index (χ0) is 16.2. The van der Waals surface area contributed by atoms with Crippen molar-refractivity contribution in [3.8, 4) is 5.75 Å². The highest BCUT2D eigenvalue weighted by atomic mass is 79.9. The molecule has 1 spiro atoms. The standard InChI is InChI=1S/C15H16BrN3O3/c1-6-4-9-12(11(16)8(6)3)22-15(19-9)5-7(2)21-14(18)10(15)13(17)20/h4-5,19H,18H2,1-3H3,(H2,17,20)/t15-/m0/s1. The summed E-state index contributed by atoms with van der Waals surface area (Å²) in [5.74, 6) is 0.372. The molecule has 0 aliphatic carbocycles. The summed E-state index contributed by atoms with van der Waals surface area (Å²) in [6, 6.07) is 1.96. The highest BCUT2D eigenvalue weighted by Crippen LogP contribution is 2.48. The first-order valence-electron chi connectivity index (χ1n) is 6.69. The molecular weight excluding hydrogens is 350 g/mol. The number of ether oxygens (including phenoxy) is 2. The summed E-state index contributed by atoms with van der Waals surface area (Å²) in [4.78, 5) is 11.8. The van der Waals surface area contributed by atoms with E-state index in [2.05, 4.69) is 21.2 Å². The summed E-state index contributed by atoms with van der Waals surface area (Å²) >= 11 is 3.54. The van der Waals surface area contributed by atoms with Gasteiger partial charge in [0, 0.05) is 6.08 Å². The molecule has 7 heteroatoms. The number of aryl methyl sites for hydroxylation is 1. The van der Waals surface area contributed by atoms with Crippen LogP contribution in [-0.2, 0) is 9.53 Å². The number of primary amides is 1. The first-order chi connectivity index (χ1) is 10.2. The number of carbonyl (C=O) groups excluding carboxylic acids is 1. The Bertz CT molecular complexity index is 770. The molecule has 1 aromatic carbocycles. The number of amides is 1. The zero-order valence-corrected chi connectivity index (χ0v) is 14.0. The van der Waals surface area contributed by atoms with Crippen LogP contribution in [0.4, 0.5) is 5.69 Å². The molecule has 2 aliphatic heterocycles. The number of rotatable bonds is 1. The second-order valence-corrected chi connectivity index (χ2v) is 6.23. The van der Waals surface area contributed by atoms with Gasteiger partial charge in [-0.15, -0.1) is 0 Å². The van der Waals surface area contributed by atoms with Gasteiger partial charge >= 0.3 is 0 Å². The van der Waals surface area contributed by atoms with E-state index in [0.717, 1.165) is 21.3 Å². The minimum Gasteiger partial charge on any atom is -0.456 e. The average molecular weight is 366 g/mol. The fraction of sp³-hybridized carbons (Fsp3) is 0.267. The largest absolute Gasteiger partial charge is 0.456 e. The first-order valence-corrected chi connectivity index (χ1v) is 7.48. The molecule has 5 N–H and O–H groups in total. The SMILES string of the molecule is CC1=C[C@@]2(Nc3cc(C)c(C)c(Br)c3O2)C(C(N)=O)=C(N)O1. The van der Waals surface area contributed by atoms with Crippen LogP contribution in [0, 0.1) is 13.8 Å². The molecule has 1 atom stereocenters. The Kier molecular flexibility index (Phi) is 3.14. The van der Waals surface area contributed by atoms with E-state index in [-0.39, 0.29) is 11.5 Å². The lowest BCUT2D eigenvalue weighted by Crippen LogP contribution is -2.48. The minimum absolute atomic E-state index is 0.0523. The zero-order valence-electron chi connectivity index (χ0n) is 12.4. The Morgan fingerprint density at radius 2 is 2.05 bits per heavy atom. The molecule has 6 nitrogen and oxygen atoms in total. The van der Waals surface area contributed by atoms with Crippen LogP contribution in [0.1, 0.15) is 18.1 Å². The van der Waals surface area contributed by atoms with E-state index in [9.17, 15) is 4.79 Å². The molecule has 2 aliphatic rings. The molecule has 0 unspecified atom stereocenters. The molecule has 2 heterocycles. The van der Waals surface area contributed by atoms with Crippen molar-refractivity contribution >= 4 is 27.5 Å². The number of carbonyl (C=O) groups is 1. The van der Waals surface area contributed by atoms with Gasteiger partial charge in [0.15, 0.2) is 5.75 Å². The Balaban J connectivity index is 2.19. The second-order valence-electron chi connectivity index (χ2n) is 5.43. The van der Waals surface area contributed by atoms with Gasteiger partial charge < -0.3 is 26.3 Å².